The van der Waals surface area contributed by atoms with E-state index < -0.39 is 0 Å². The fourth-order valence-electron chi connectivity index (χ4n) is 1.51. The van der Waals surface area contributed by atoms with Gasteiger partial charge in [-0.25, -0.2) is 4.79 Å². The van der Waals surface area contributed by atoms with Crippen molar-refractivity contribution in [1.82, 2.24) is 20.5 Å². The van der Waals surface area contributed by atoms with Gasteiger partial charge >= 0.3 is 5.97 Å². The van der Waals surface area contributed by atoms with Crippen molar-refractivity contribution in [3.05, 3.63) is 53.6 Å². The smallest absolute Gasteiger partial charge is 0.339 e. The van der Waals surface area contributed by atoms with Crippen LogP contribution in [0.3, 0.4) is 0 Å². The number of nitrogens with zero attached hydrogens (tertiary/aromatic N) is 3. The lowest BCUT2D eigenvalue weighted by atomic mass is 10.2. The van der Waals surface area contributed by atoms with E-state index in [9.17, 15) is 4.79 Å². The van der Waals surface area contributed by atoms with Gasteiger partial charge in [0.1, 0.15) is 0 Å². The van der Waals surface area contributed by atoms with E-state index >= 15 is 0 Å². The lowest BCUT2D eigenvalue weighted by Gasteiger charge is -2.04. The first kappa shape index (κ1) is 13.1. The highest BCUT2D eigenvalue weighted by atomic mass is 16.5. The molecule has 0 amide bonds. The highest BCUT2D eigenvalue weighted by molar-refractivity contribution is 5.88. The number of esters is 1. The van der Waals surface area contributed by atoms with Gasteiger partial charge in [-0.2, -0.15) is 10.2 Å². The van der Waals surface area contributed by atoms with Crippen molar-refractivity contribution < 1.29 is 9.53 Å². The molecule has 0 aliphatic carbocycles. The molecule has 2 aromatic rings. The highest BCUT2D eigenvalue weighted by Gasteiger charge is 2.05. The molecule has 1 N–H and O–H groups in total. The summed E-state index contributed by atoms with van der Waals surface area (Å²) in [5, 5.41) is 11.0. The van der Waals surface area contributed by atoms with Gasteiger partial charge in [-0.15, -0.1) is 0 Å². The van der Waals surface area contributed by atoms with Crippen LogP contribution in [0, 0.1) is 0 Å². The van der Waals surface area contributed by atoms with Crippen molar-refractivity contribution in [2.75, 3.05) is 7.11 Å². The van der Waals surface area contributed by atoms with Crippen molar-refractivity contribution in [3.8, 4) is 0 Å². The summed E-state index contributed by atoms with van der Waals surface area (Å²) in [7, 11) is 1.35. The summed E-state index contributed by atoms with van der Waals surface area (Å²) in [5.41, 5.74) is 2.16. The molecule has 0 fully saturated rings. The Morgan fingerprint density at radius 3 is 2.74 bits per heavy atom. The maximum absolute atomic E-state index is 11.2. The molecule has 2 rings (SSSR count). The van der Waals surface area contributed by atoms with Crippen LogP contribution in [0.25, 0.3) is 0 Å². The van der Waals surface area contributed by atoms with E-state index in [1.807, 2.05) is 12.1 Å². The molecule has 0 atom stereocenters. The van der Waals surface area contributed by atoms with Crippen molar-refractivity contribution in [3.63, 3.8) is 0 Å². The van der Waals surface area contributed by atoms with Gasteiger partial charge in [0.25, 0.3) is 0 Å². The average Bonchev–Trinajstić information content (AvgIpc) is 2.48. The number of rotatable bonds is 5. The first-order valence-electron chi connectivity index (χ1n) is 5.80. The number of aromatic nitrogens is 3. The number of ether oxygens (including phenoxy) is 1. The van der Waals surface area contributed by atoms with Crippen molar-refractivity contribution >= 4 is 5.97 Å². The van der Waals surface area contributed by atoms with E-state index in [2.05, 4.69) is 25.2 Å². The quantitative estimate of drug-likeness (QED) is 0.804. The number of carbonyl (C=O) groups is 1. The molecule has 0 saturated carbocycles. The third-order valence-corrected chi connectivity index (χ3v) is 2.49. The fraction of sp³-hybridized carbons (Fsp3) is 0.231. The van der Waals surface area contributed by atoms with Crippen molar-refractivity contribution in [1.29, 1.82) is 0 Å². The number of carbonyl (C=O) groups excluding carboxylic acids is 1. The lowest BCUT2D eigenvalue weighted by molar-refractivity contribution is 0.0600. The molecule has 0 aromatic carbocycles. The van der Waals surface area contributed by atoms with Crippen LogP contribution >= 0.6 is 0 Å². The zero-order chi connectivity index (χ0) is 13.5. The monoisotopic (exact) mass is 258 g/mol. The summed E-state index contributed by atoms with van der Waals surface area (Å²) in [4.78, 5) is 15.4. The number of methoxy groups -OCH3 is 1. The molecule has 0 aliphatic rings. The number of hydrogen-bond acceptors (Lipinski definition) is 6. The summed E-state index contributed by atoms with van der Waals surface area (Å²) >= 11 is 0. The zero-order valence-corrected chi connectivity index (χ0v) is 10.5. The Bertz CT molecular complexity index is 528. The molecule has 0 radical (unpaired) electrons. The van der Waals surface area contributed by atoms with E-state index in [0.29, 0.717) is 18.7 Å². The van der Waals surface area contributed by atoms with Crippen LogP contribution in [0.2, 0.25) is 0 Å². The maximum Gasteiger partial charge on any atom is 0.339 e. The molecule has 98 valence electrons. The van der Waals surface area contributed by atoms with Crippen LogP contribution < -0.4 is 5.32 Å². The minimum atomic E-state index is -0.383. The molecule has 2 aromatic heterocycles. The third-order valence-electron chi connectivity index (χ3n) is 2.49. The van der Waals surface area contributed by atoms with Crippen LogP contribution in [0.5, 0.6) is 0 Å². The first-order valence-corrected chi connectivity index (χ1v) is 5.80. The largest absolute Gasteiger partial charge is 0.465 e. The Balaban J connectivity index is 1.85. The Labute approximate surface area is 110 Å². The normalized spacial score (nSPS) is 10.2. The molecule has 0 saturated heterocycles. The van der Waals surface area contributed by atoms with Gasteiger partial charge in [0.05, 0.1) is 24.1 Å². The fourth-order valence-corrected chi connectivity index (χ4v) is 1.51. The second kappa shape index (κ2) is 6.55. The van der Waals surface area contributed by atoms with Crippen LogP contribution in [0.1, 0.15) is 21.7 Å². The summed E-state index contributed by atoms with van der Waals surface area (Å²) < 4.78 is 4.61. The molecule has 0 spiro atoms. The Morgan fingerprint density at radius 2 is 2.11 bits per heavy atom. The Morgan fingerprint density at radius 1 is 1.26 bits per heavy atom. The molecule has 6 nitrogen and oxygen atoms in total. The summed E-state index contributed by atoms with van der Waals surface area (Å²) in [6, 6.07) is 7.22. The first-order chi connectivity index (χ1) is 9.29. The van der Waals surface area contributed by atoms with Gasteiger partial charge in [-0.3, -0.25) is 4.98 Å². The topological polar surface area (TPSA) is 77.0 Å². The summed E-state index contributed by atoms with van der Waals surface area (Å²) in [6.45, 7) is 1.21. The van der Waals surface area contributed by atoms with Gasteiger partial charge in [0.15, 0.2) is 0 Å². The highest BCUT2D eigenvalue weighted by Crippen LogP contribution is 2.02. The van der Waals surface area contributed by atoms with Gasteiger partial charge in [-0.05, 0) is 24.3 Å². The summed E-state index contributed by atoms with van der Waals surface area (Å²) in [5.74, 6) is -0.383. The Hall–Kier alpha value is -2.34. The SMILES string of the molecule is COC(=O)c1ccc(CNCc2cccnn2)nc1. The minimum absolute atomic E-state index is 0.383. The Kier molecular flexibility index (Phi) is 4.52. The van der Waals surface area contributed by atoms with Crippen LogP contribution in [-0.4, -0.2) is 28.3 Å². The predicted octanol–water partition coefficient (Wildman–Crippen LogP) is 0.948. The lowest BCUT2D eigenvalue weighted by Crippen LogP contribution is -2.15. The standard InChI is InChI=1S/C13H14N4O2/c1-19-13(18)10-4-5-11(15-7-10)8-14-9-12-3-2-6-16-17-12/h2-7,14H,8-9H2,1H3. The van der Waals surface area contributed by atoms with Gasteiger partial charge in [0.2, 0.25) is 0 Å². The van der Waals surface area contributed by atoms with E-state index in [4.69, 9.17) is 0 Å². The van der Waals surface area contributed by atoms with E-state index in [1.165, 1.54) is 13.3 Å². The number of pyridine rings is 1. The molecule has 0 unspecified atom stereocenters. The molecule has 0 aliphatic heterocycles. The average molecular weight is 258 g/mol. The van der Waals surface area contributed by atoms with Gasteiger partial charge in [-0.1, -0.05) is 0 Å². The number of nitrogens with one attached hydrogen (secondary N) is 1. The maximum atomic E-state index is 11.2. The second-order valence-corrected chi connectivity index (χ2v) is 3.85. The molecule has 19 heavy (non-hydrogen) atoms. The minimum Gasteiger partial charge on any atom is -0.465 e. The van der Waals surface area contributed by atoms with Crippen LogP contribution in [-0.2, 0) is 17.8 Å². The van der Waals surface area contributed by atoms with Gasteiger partial charge < -0.3 is 10.1 Å². The predicted molar refractivity (Wildman–Crippen MR) is 68.2 cm³/mol. The van der Waals surface area contributed by atoms with Crippen LogP contribution in [0.4, 0.5) is 0 Å². The molecule has 6 heteroatoms. The number of hydrogen-bond donors (Lipinski definition) is 1. The van der Waals surface area contributed by atoms with Gasteiger partial charge in [0, 0.05) is 25.5 Å². The van der Waals surface area contributed by atoms with E-state index in [0.717, 1.165) is 11.4 Å². The van der Waals surface area contributed by atoms with Crippen LogP contribution in [0.15, 0.2) is 36.7 Å². The second-order valence-electron chi connectivity index (χ2n) is 3.85. The molecular formula is C13H14N4O2. The van der Waals surface area contributed by atoms with E-state index in [-0.39, 0.29) is 5.97 Å². The molecular weight excluding hydrogens is 244 g/mol. The molecule has 0 bridgehead atoms. The van der Waals surface area contributed by atoms with E-state index in [1.54, 1.807) is 18.3 Å². The molecule has 2 heterocycles. The van der Waals surface area contributed by atoms with Crippen molar-refractivity contribution in [2.45, 2.75) is 13.1 Å². The van der Waals surface area contributed by atoms with Crippen molar-refractivity contribution in [2.24, 2.45) is 0 Å². The summed E-state index contributed by atoms with van der Waals surface area (Å²) in [6.07, 6.45) is 3.14. The third kappa shape index (κ3) is 3.82. The zero-order valence-electron chi connectivity index (χ0n) is 10.5.